The first kappa shape index (κ1) is 15.5. The molecular formula is C20H20O3. The average molecular weight is 308 g/mol. The predicted octanol–water partition coefficient (Wildman–Crippen LogP) is 4.45. The number of hydrogen-bond donors (Lipinski definition) is 0. The van der Waals surface area contributed by atoms with Gasteiger partial charge in [0.1, 0.15) is 5.76 Å². The van der Waals surface area contributed by atoms with Crippen molar-refractivity contribution in [3.05, 3.63) is 77.4 Å². The van der Waals surface area contributed by atoms with Crippen LogP contribution in [0.15, 0.2) is 66.2 Å². The summed E-state index contributed by atoms with van der Waals surface area (Å²) in [4.78, 5) is 12.9. The van der Waals surface area contributed by atoms with E-state index in [-0.39, 0.29) is 5.78 Å². The summed E-state index contributed by atoms with van der Waals surface area (Å²) in [6.07, 6.45) is 1.27. The summed E-state index contributed by atoms with van der Waals surface area (Å²) in [7, 11) is 1.63. The van der Waals surface area contributed by atoms with Crippen molar-refractivity contribution in [1.82, 2.24) is 0 Å². The van der Waals surface area contributed by atoms with E-state index in [9.17, 15) is 4.79 Å². The zero-order valence-corrected chi connectivity index (χ0v) is 13.4. The molecule has 0 saturated carbocycles. The zero-order chi connectivity index (χ0) is 16.3. The molecular weight excluding hydrogens is 288 g/mol. The third kappa shape index (κ3) is 3.20. The fourth-order valence-corrected chi connectivity index (χ4v) is 2.74. The molecule has 3 rings (SSSR count). The van der Waals surface area contributed by atoms with E-state index in [2.05, 4.69) is 0 Å². The van der Waals surface area contributed by atoms with E-state index in [1.165, 1.54) is 0 Å². The molecule has 3 nitrogen and oxygen atoms in total. The summed E-state index contributed by atoms with van der Waals surface area (Å²) >= 11 is 0. The highest BCUT2D eigenvalue weighted by atomic mass is 16.7. The van der Waals surface area contributed by atoms with Crippen molar-refractivity contribution >= 4 is 11.5 Å². The fourth-order valence-electron chi connectivity index (χ4n) is 2.74. The van der Waals surface area contributed by atoms with Gasteiger partial charge < -0.3 is 9.47 Å². The number of ether oxygens (including phenoxy) is 2. The first-order valence-electron chi connectivity index (χ1n) is 7.75. The largest absolute Gasteiger partial charge is 0.462 e. The predicted molar refractivity (Wildman–Crippen MR) is 89.9 cm³/mol. The molecule has 2 aromatic rings. The summed E-state index contributed by atoms with van der Waals surface area (Å²) in [5, 5.41) is 0. The number of allylic oxidation sites excluding steroid dienone is 1. The van der Waals surface area contributed by atoms with Crippen LogP contribution < -0.4 is 0 Å². The van der Waals surface area contributed by atoms with Gasteiger partial charge in [0.25, 0.3) is 0 Å². The number of hydrogen-bond acceptors (Lipinski definition) is 3. The summed E-state index contributed by atoms with van der Waals surface area (Å²) < 4.78 is 11.6. The maximum absolute atomic E-state index is 12.9. The minimum absolute atomic E-state index is 0.0163. The fraction of sp³-hybridized carbons (Fsp3) is 0.250. The second-order valence-electron chi connectivity index (χ2n) is 5.81. The van der Waals surface area contributed by atoms with E-state index in [1.54, 1.807) is 7.11 Å². The van der Waals surface area contributed by atoms with Crippen molar-refractivity contribution in [2.75, 3.05) is 7.11 Å². The van der Waals surface area contributed by atoms with Crippen LogP contribution in [-0.2, 0) is 9.47 Å². The smallest absolute Gasteiger partial charge is 0.207 e. The lowest BCUT2D eigenvalue weighted by Gasteiger charge is -2.35. The first-order valence-corrected chi connectivity index (χ1v) is 7.75. The van der Waals surface area contributed by atoms with E-state index in [1.807, 2.05) is 67.6 Å². The highest BCUT2D eigenvalue weighted by Crippen LogP contribution is 2.38. The van der Waals surface area contributed by atoms with Crippen molar-refractivity contribution in [2.24, 2.45) is 0 Å². The van der Waals surface area contributed by atoms with Gasteiger partial charge in [-0.25, -0.2) is 0 Å². The molecule has 1 atom stereocenters. The monoisotopic (exact) mass is 308 g/mol. The molecule has 0 fully saturated rings. The van der Waals surface area contributed by atoms with Crippen LogP contribution in [0.25, 0.3) is 5.76 Å². The van der Waals surface area contributed by atoms with Crippen LogP contribution in [0, 0.1) is 0 Å². The Morgan fingerprint density at radius 3 is 2.26 bits per heavy atom. The number of rotatable bonds is 4. The maximum atomic E-state index is 12.9. The van der Waals surface area contributed by atoms with Crippen molar-refractivity contribution in [3.8, 4) is 0 Å². The van der Waals surface area contributed by atoms with Gasteiger partial charge >= 0.3 is 0 Å². The molecule has 1 aliphatic heterocycles. The van der Waals surface area contributed by atoms with Gasteiger partial charge in [-0.05, 0) is 6.42 Å². The van der Waals surface area contributed by atoms with Gasteiger partial charge in [0.2, 0.25) is 5.79 Å². The highest BCUT2D eigenvalue weighted by Gasteiger charge is 2.35. The van der Waals surface area contributed by atoms with Crippen LogP contribution >= 0.6 is 0 Å². The van der Waals surface area contributed by atoms with E-state index in [0.717, 1.165) is 5.56 Å². The Kier molecular flexibility index (Phi) is 4.30. The number of carbonyl (C=O) groups excluding carboxylic acids is 1. The van der Waals surface area contributed by atoms with Crippen LogP contribution in [0.3, 0.4) is 0 Å². The summed E-state index contributed by atoms with van der Waals surface area (Å²) in [6, 6.07) is 19.1. The molecule has 2 aromatic carbocycles. The van der Waals surface area contributed by atoms with Gasteiger partial charge in [-0.15, -0.1) is 0 Å². The Bertz CT molecular complexity index is 719. The van der Waals surface area contributed by atoms with Crippen LogP contribution in [0.2, 0.25) is 0 Å². The van der Waals surface area contributed by atoms with E-state index < -0.39 is 5.79 Å². The summed E-state index contributed by atoms with van der Waals surface area (Å²) in [6.45, 7) is 1.90. The molecule has 1 aliphatic rings. The Morgan fingerprint density at radius 1 is 1.04 bits per heavy atom. The number of ketones is 1. The van der Waals surface area contributed by atoms with Crippen LogP contribution in [0.4, 0.5) is 0 Å². The third-order valence-corrected chi connectivity index (χ3v) is 4.20. The van der Waals surface area contributed by atoms with E-state index in [4.69, 9.17) is 9.47 Å². The maximum Gasteiger partial charge on any atom is 0.207 e. The molecule has 23 heavy (non-hydrogen) atoms. The number of benzene rings is 2. The van der Waals surface area contributed by atoms with Crippen LogP contribution in [0.5, 0.6) is 0 Å². The lowest BCUT2D eigenvalue weighted by molar-refractivity contribution is -0.176. The van der Waals surface area contributed by atoms with Gasteiger partial charge in [0.15, 0.2) is 5.78 Å². The Balaban J connectivity index is 2.07. The van der Waals surface area contributed by atoms with E-state index >= 15 is 0 Å². The van der Waals surface area contributed by atoms with Crippen molar-refractivity contribution < 1.29 is 14.3 Å². The Labute approximate surface area is 136 Å². The Hall–Kier alpha value is -2.39. The molecule has 0 radical (unpaired) electrons. The third-order valence-electron chi connectivity index (χ3n) is 4.20. The molecule has 0 N–H and O–H groups in total. The summed E-state index contributed by atoms with van der Waals surface area (Å²) in [5.74, 6) is -0.0660. The SMILES string of the molecule is COC1(C)CCC(C(=O)c2ccccc2)=C(c2ccccc2)O1. The van der Waals surface area contributed by atoms with Gasteiger partial charge in [-0.3, -0.25) is 4.79 Å². The average Bonchev–Trinajstić information content (AvgIpc) is 2.62. The normalized spacial score (nSPS) is 21.0. The summed E-state index contributed by atoms with van der Waals surface area (Å²) in [5.41, 5.74) is 2.28. The van der Waals surface area contributed by atoms with Crippen LogP contribution in [-0.4, -0.2) is 18.7 Å². The van der Waals surface area contributed by atoms with Crippen molar-refractivity contribution in [1.29, 1.82) is 0 Å². The van der Waals surface area contributed by atoms with Gasteiger partial charge in [-0.1, -0.05) is 60.7 Å². The number of Topliss-reactive ketones (excluding diaryl/α,β-unsaturated/α-hetero) is 1. The van der Waals surface area contributed by atoms with E-state index in [0.29, 0.717) is 29.7 Å². The quantitative estimate of drug-likeness (QED) is 0.783. The van der Waals surface area contributed by atoms with Crippen molar-refractivity contribution in [3.63, 3.8) is 0 Å². The standard InChI is InChI=1S/C20H20O3/c1-20(22-2)14-13-17(18(21)15-9-5-3-6-10-15)19(23-20)16-11-7-4-8-12-16/h3-12H,13-14H2,1-2H3. The molecule has 1 heterocycles. The molecule has 0 bridgehead atoms. The van der Waals surface area contributed by atoms with Gasteiger partial charge in [0, 0.05) is 37.2 Å². The lowest BCUT2D eigenvalue weighted by atomic mass is 9.91. The van der Waals surface area contributed by atoms with Gasteiger partial charge in [-0.2, -0.15) is 0 Å². The molecule has 0 saturated heterocycles. The van der Waals surface area contributed by atoms with Gasteiger partial charge in [0.05, 0.1) is 0 Å². The minimum Gasteiger partial charge on any atom is -0.462 e. The number of methoxy groups -OCH3 is 1. The molecule has 0 aromatic heterocycles. The topological polar surface area (TPSA) is 35.5 Å². The van der Waals surface area contributed by atoms with Crippen LogP contribution in [0.1, 0.15) is 35.7 Å². The molecule has 1 unspecified atom stereocenters. The molecule has 0 aliphatic carbocycles. The lowest BCUT2D eigenvalue weighted by Crippen LogP contribution is -2.34. The molecule has 3 heteroatoms. The number of carbonyl (C=O) groups is 1. The second-order valence-corrected chi connectivity index (χ2v) is 5.81. The second kappa shape index (κ2) is 6.39. The molecule has 118 valence electrons. The minimum atomic E-state index is -0.703. The Morgan fingerprint density at radius 2 is 1.65 bits per heavy atom. The molecule has 0 amide bonds. The molecule has 0 spiro atoms. The van der Waals surface area contributed by atoms with Crippen molar-refractivity contribution in [2.45, 2.75) is 25.6 Å². The first-order chi connectivity index (χ1) is 11.1. The zero-order valence-electron chi connectivity index (χ0n) is 13.4. The highest BCUT2D eigenvalue weighted by molar-refractivity contribution is 6.12.